The fraction of sp³-hybridized carbons (Fsp3) is 0.400. The average Bonchev–Trinajstić information content (AvgIpc) is 2.79. The number of carbonyl (C=O) groups excluding carboxylic acids is 2. The van der Waals surface area contributed by atoms with Crippen LogP contribution in [0.15, 0.2) is 17.5 Å². The minimum absolute atomic E-state index is 0. The maximum Gasteiger partial charge on any atom is 0.239 e. The lowest BCUT2D eigenvalue weighted by atomic mass is 10.3. The van der Waals surface area contributed by atoms with Crippen molar-refractivity contribution in [3.63, 3.8) is 0 Å². The van der Waals surface area contributed by atoms with Crippen molar-refractivity contribution < 1.29 is 9.59 Å². The van der Waals surface area contributed by atoms with Gasteiger partial charge in [-0.1, -0.05) is 6.07 Å². The van der Waals surface area contributed by atoms with Gasteiger partial charge in [0.05, 0.1) is 13.1 Å². The maximum absolute atomic E-state index is 11.2. The van der Waals surface area contributed by atoms with E-state index in [2.05, 4.69) is 10.6 Å². The molecule has 0 aliphatic rings. The van der Waals surface area contributed by atoms with E-state index in [9.17, 15) is 9.59 Å². The zero-order chi connectivity index (χ0) is 11.8. The van der Waals surface area contributed by atoms with Gasteiger partial charge in [-0.3, -0.25) is 9.59 Å². The lowest BCUT2D eigenvalue weighted by molar-refractivity contribution is -0.125. The highest BCUT2D eigenvalue weighted by Gasteiger charge is 2.03. The number of thiophene rings is 1. The zero-order valence-corrected chi connectivity index (χ0v) is 10.9. The van der Waals surface area contributed by atoms with Crippen molar-refractivity contribution >= 4 is 35.6 Å². The van der Waals surface area contributed by atoms with E-state index in [1.807, 2.05) is 17.5 Å². The Hall–Kier alpha value is -1.11. The van der Waals surface area contributed by atoms with Crippen LogP contribution in [0, 0.1) is 0 Å². The van der Waals surface area contributed by atoms with E-state index in [-0.39, 0.29) is 37.3 Å². The summed E-state index contributed by atoms with van der Waals surface area (Å²) in [5, 5.41) is 7.11. The Labute approximate surface area is 110 Å². The molecule has 1 aromatic rings. The molecule has 0 saturated carbocycles. The van der Waals surface area contributed by atoms with Crippen molar-refractivity contribution in [1.82, 2.24) is 10.6 Å². The molecule has 1 heterocycles. The Bertz CT molecular complexity index is 343. The van der Waals surface area contributed by atoms with Gasteiger partial charge in [0.2, 0.25) is 11.8 Å². The fourth-order valence-electron chi connectivity index (χ4n) is 1.09. The summed E-state index contributed by atoms with van der Waals surface area (Å²) < 4.78 is 0. The van der Waals surface area contributed by atoms with Gasteiger partial charge in [0.25, 0.3) is 0 Å². The first-order valence-electron chi connectivity index (χ1n) is 4.98. The minimum atomic E-state index is -0.326. The van der Waals surface area contributed by atoms with Gasteiger partial charge in [0.15, 0.2) is 0 Å². The van der Waals surface area contributed by atoms with E-state index < -0.39 is 0 Å². The van der Waals surface area contributed by atoms with E-state index in [1.165, 1.54) is 4.88 Å². The molecule has 0 radical (unpaired) electrons. The molecule has 7 heteroatoms. The van der Waals surface area contributed by atoms with Crippen molar-refractivity contribution in [3.05, 3.63) is 22.4 Å². The Kier molecular flexibility index (Phi) is 8.39. The molecule has 0 aromatic carbocycles. The molecule has 0 atom stereocenters. The van der Waals surface area contributed by atoms with Gasteiger partial charge >= 0.3 is 0 Å². The molecule has 4 N–H and O–H groups in total. The number of halogens is 1. The molecule has 96 valence electrons. The summed E-state index contributed by atoms with van der Waals surface area (Å²) in [6.07, 6.45) is 0.814. The van der Waals surface area contributed by atoms with Gasteiger partial charge in [-0.05, 0) is 17.9 Å². The van der Waals surface area contributed by atoms with Crippen LogP contribution < -0.4 is 16.4 Å². The molecule has 0 bridgehead atoms. The van der Waals surface area contributed by atoms with Crippen LogP contribution in [0.1, 0.15) is 4.88 Å². The summed E-state index contributed by atoms with van der Waals surface area (Å²) in [5.41, 5.74) is 5.08. The van der Waals surface area contributed by atoms with Crippen LogP contribution in [0.25, 0.3) is 0 Å². The number of hydrogen-bond donors (Lipinski definition) is 3. The predicted octanol–water partition coefficient (Wildman–Crippen LogP) is -0.0965. The maximum atomic E-state index is 11.2. The minimum Gasteiger partial charge on any atom is -0.354 e. The highest BCUT2D eigenvalue weighted by Crippen LogP contribution is 2.07. The zero-order valence-electron chi connectivity index (χ0n) is 9.27. The Morgan fingerprint density at radius 3 is 2.65 bits per heavy atom. The van der Waals surface area contributed by atoms with E-state index in [4.69, 9.17) is 5.73 Å². The second-order valence-electron chi connectivity index (χ2n) is 3.16. The number of rotatable bonds is 6. The first-order chi connectivity index (χ1) is 7.72. The number of carbonyl (C=O) groups is 2. The molecule has 0 aliphatic carbocycles. The molecule has 17 heavy (non-hydrogen) atoms. The molecule has 1 rings (SSSR count). The van der Waals surface area contributed by atoms with E-state index in [0.717, 1.165) is 6.42 Å². The average molecular weight is 278 g/mol. The third kappa shape index (κ3) is 6.93. The fourth-order valence-corrected chi connectivity index (χ4v) is 1.80. The summed E-state index contributed by atoms with van der Waals surface area (Å²) >= 11 is 1.66. The standard InChI is InChI=1S/C10H15N3O2S.ClH/c11-6-9(14)13-7-10(15)12-4-3-8-2-1-5-16-8;/h1-2,5H,3-4,6-7,11H2,(H,12,15)(H,13,14);1H. The van der Waals surface area contributed by atoms with Crippen molar-refractivity contribution in [2.45, 2.75) is 6.42 Å². The van der Waals surface area contributed by atoms with Gasteiger partial charge in [-0.2, -0.15) is 0 Å². The highest BCUT2D eigenvalue weighted by molar-refractivity contribution is 7.09. The second-order valence-corrected chi connectivity index (χ2v) is 4.19. The number of nitrogens with two attached hydrogens (primary N) is 1. The highest BCUT2D eigenvalue weighted by atomic mass is 35.5. The lowest BCUT2D eigenvalue weighted by Gasteiger charge is -2.05. The summed E-state index contributed by atoms with van der Waals surface area (Å²) in [6, 6.07) is 4.00. The van der Waals surface area contributed by atoms with Gasteiger partial charge in [-0.15, -0.1) is 23.7 Å². The molecule has 0 spiro atoms. The lowest BCUT2D eigenvalue weighted by Crippen LogP contribution is -2.39. The van der Waals surface area contributed by atoms with Crippen LogP contribution in [-0.4, -0.2) is 31.4 Å². The Morgan fingerprint density at radius 1 is 1.29 bits per heavy atom. The first kappa shape index (κ1) is 15.9. The van der Waals surface area contributed by atoms with Crippen molar-refractivity contribution in [3.8, 4) is 0 Å². The van der Waals surface area contributed by atoms with Gasteiger partial charge < -0.3 is 16.4 Å². The molecule has 0 saturated heterocycles. The van der Waals surface area contributed by atoms with Gasteiger partial charge in [-0.25, -0.2) is 0 Å². The Balaban J connectivity index is 0.00000256. The van der Waals surface area contributed by atoms with E-state index >= 15 is 0 Å². The van der Waals surface area contributed by atoms with Crippen molar-refractivity contribution in [1.29, 1.82) is 0 Å². The third-order valence-electron chi connectivity index (χ3n) is 1.91. The smallest absolute Gasteiger partial charge is 0.239 e. The van der Waals surface area contributed by atoms with Crippen LogP contribution in [0.3, 0.4) is 0 Å². The van der Waals surface area contributed by atoms with E-state index in [0.29, 0.717) is 6.54 Å². The van der Waals surface area contributed by atoms with Crippen molar-refractivity contribution in [2.24, 2.45) is 5.73 Å². The summed E-state index contributed by atoms with van der Waals surface area (Å²) in [5.74, 6) is -0.522. The topological polar surface area (TPSA) is 84.2 Å². The molecule has 1 aromatic heterocycles. The molecule has 0 fully saturated rings. The molecular formula is C10H16ClN3O2S. The van der Waals surface area contributed by atoms with Crippen LogP contribution in [0.5, 0.6) is 0 Å². The molecule has 2 amide bonds. The van der Waals surface area contributed by atoms with Crippen LogP contribution >= 0.6 is 23.7 Å². The number of amides is 2. The van der Waals surface area contributed by atoms with Gasteiger partial charge in [0, 0.05) is 11.4 Å². The summed E-state index contributed by atoms with van der Waals surface area (Å²) in [6.45, 7) is 0.473. The van der Waals surface area contributed by atoms with Crippen LogP contribution in [0.2, 0.25) is 0 Å². The predicted molar refractivity (Wildman–Crippen MR) is 70.3 cm³/mol. The normalized spacial score (nSPS) is 9.24. The number of nitrogens with one attached hydrogen (secondary N) is 2. The van der Waals surface area contributed by atoms with Crippen LogP contribution in [-0.2, 0) is 16.0 Å². The summed E-state index contributed by atoms with van der Waals surface area (Å²) in [7, 11) is 0. The quantitative estimate of drug-likeness (QED) is 0.679. The van der Waals surface area contributed by atoms with E-state index in [1.54, 1.807) is 11.3 Å². The largest absolute Gasteiger partial charge is 0.354 e. The molecule has 5 nitrogen and oxygen atoms in total. The first-order valence-corrected chi connectivity index (χ1v) is 5.86. The second kappa shape index (κ2) is 8.98. The Morgan fingerprint density at radius 2 is 2.06 bits per heavy atom. The molecule has 0 aliphatic heterocycles. The SMILES string of the molecule is Cl.NCC(=O)NCC(=O)NCCc1cccs1. The van der Waals surface area contributed by atoms with Crippen molar-refractivity contribution in [2.75, 3.05) is 19.6 Å². The molecular weight excluding hydrogens is 262 g/mol. The van der Waals surface area contributed by atoms with Crippen LogP contribution in [0.4, 0.5) is 0 Å². The monoisotopic (exact) mass is 277 g/mol. The molecule has 0 unspecified atom stereocenters. The third-order valence-corrected chi connectivity index (χ3v) is 2.84. The number of hydrogen-bond acceptors (Lipinski definition) is 4. The van der Waals surface area contributed by atoms with Gasteiger partial charge in [0.1, 0.15) is 0 Å². The summed E-state index contributed by atoms with van der Waals surface area (Å²) in [4.78, 5) is 23.2.